The summed E-state index contributed by atoms with van der Waals surface area (Å²) in [5.74, 6) is 0. The third kappa shape index (κ3) is 1.76. The predicted molar refractivity (Wildman–Crippen MR) is 63.2 cm³/mol. The molecule has 1 fully saturated rings. The van der Waals surface area contributed by atoms with Crippen molar-refractivity contribution in [1.82, 2.24) is 5.32 Å². The molecule has 1 aliphatic heterocycles. The first-order chi connectivity index (χ1) is 6.63. The van der Waals surface area contributed by atoms with Gasteiger partial charge in [0.05, 0.1) is 0 Å². The van der Waals surface area contributed by atoms with Crippen molar-refractivity contribution in [2.75, 3.05) is 13.1 Å². The fraction of sp³-hybridized carbons (Fsp3) is 0.400. The van der Waals surface area contributed by atoms with Crippen LogP contribution in [0.25, 0.3) is 0 Å². The summed E-state index contributed by atoms with van der Waals surface area (Å²) in [5, 5.41) is 13.6. The number of nitrogens with one attached hydrogen (secondary N) is 1. The molecule has 1 aliphatic rings. The molecule has 0 bridgehead atoms. The molecule has 0 aromatic heterocycles. The van der Waals surface area contributed by atoms with E-state index in [1.54, 1.807) is 0 Å². The molecule has 2 N–H and O–H groups in total. The molecule has 0 radical (unpaired) electrons. The van der Waals surface area contributed by atoms with Crippen LogP contribution in [0.2, 0.25) is 0 Å². The van der Waals surface area contributed by atoms with Crippen LogP contribution in [-0.2, 0) is 5.60 Å². The number of rotatable bonds is 1. The molecule has 2 nitrogen and oxygen atoms in total. The highest BCUT2D eigenvalue weighted by atomic mass is 79.9. The van der Waals surface area contributed by atoms with Gasteiger partial charge in [0.15, 0.2) is 0 Å². The molecule has 1 aromatic rings. The molecule has 1 atom stereocenters. The zero-order chi connectivity index (χ0) is 10.2. The number of aliphatic hydroxyl groups is 1. The summed E-state index contributed by atoms with van der Waals surface area (Å²) in [5.41, 5.74) is 0.212. The molecule has 2 rings (SSSR count). The number of benzene rings is 1. The Morgan fingerprint density at radius 1 is 1.29 bits per heavy atom. The Hall–Kier alpha value is 0.1000. The number of hydrogen-bond donors (Lipinski definition) is 2. The largest absolute Gasteiger partial charge is 0.384 e. The second-order valence-corrected chi connectivity index (χ2v) is 5.26. The van der Waals surface area contributed by atoms with Crippen molar-refractivity contribution in [2.45, 2.75) is 12.0 Å². The Morgan fingerprint density at radius 2 is 1.93 bits per heavy atom. The minimum Gasteiger partial charge on any atom is -0.384 e. The van der Waals surface area contributed by atoms with Crippen LogP contribution >= 0.6 is 31.9 Å². The first-order valence-electron chi connectivity index (χ1n) is 4.51. The zero-order valence-corrected chi connectivity index (χ0v) is 10.7. The van der Waals surface area contributed by atoms with E-state index >= 15 is 0 Å². The van der Waals surface area contributed by atoms with E-state index in [2.05, 4.69) is 37.2 Å². The summed E-state index contributed by atoms with van der Waals surface area (Å²) in [6, 6.07) is 5.86. The van der Waals surface area contributed by atoms with Crippen LogP contribution in [-0.4, -0.2) is 18.2 Å². The fourth-order valence-corrected chi connectivity index (χ4v) is 3.57. The van der Waals surface area contributed by atoms with E-state index in [0.29, 0.717) is 6.54 Å². The van der Waals surface area contributed by atoms with Crippen LogP contribution in [0.4, 0.5) is 0 Å². The number of β-amino-alcohol motifs (C(OH)–C–C–N with tert-alkyl or cyclic N) is 1. The van der Waals surface area contributed by atoms with Crippen molar-refractivity contribution >= 4 is 31.9 Å². The van der Waals surface area contributed by atoms with Gasteiger partial charge in [-0.2, -0.15) is 0 Å². The van der Waals surface area contributed by atoms with Crippen molar-refractivity contribution in [1.29, 1.82) is 0 Å². The summed E-state index contributed by atoms with van der Waals surface area (Å²) < 4.78 is 1.91. The van der Waals surface area contributed by atoms with E-state index in [1.165, 1.54) is 0 Å². The minimum absolute atomic E-state index is 0.619. The van der Waals surface area contributed by atoms with Gasteiger partial charge in [-0.3, -0.25) is 0 Å². The molecule has 0 amide bonds. The molecule has 1 heterocycles. The van der Waals surface area contributed by atoms with Gasteiger partial charge in [-0.1, -0.05) is 37.9 Å². The van der Waals surface area contributed by atoms with Crippen LogP contribution in [0.5, 0.6) is 0 Å². The first kappa shape index (κ1) is 10.6. The van der Waals surface area contributed by atoms with Gasteiger partial charge in [-0.05, 0) is 25.1 Å². The fourth-order valence-electron chi connectivity index (χ4n) is 1.83. The lowest BCUT2D eigenvalue weighted by Crippen LogP contribution is -2.29. The molecular weight excluding hydrogens is 310 g/mol. The summed E-state index contributed by atoms with van der Waals surface area (Å²) in [6.07, 6.45) is 0.758. The maximum atomic E-state index is 10.4. The third-order valence-electron chi connectivity index (χ3n) is 2.56. The van der Waals surface area contributed by atoms with Gasteiger partial charge in [0.1, 0.15) is 5.60 Å². The lowest BCUT2D eigenvalue weighted by molar-refractivity contribution is 0.0572. The van der Waals surface area contributed by atoms with Gasteiger partial charge in [-0.15, -0.1) is 0 Å². The summed E-state index contributed by atoms with van der Waals surface area (Å²) >= 11 is 6.95. The Labute approximate surface area is 100.0 Å². The normalized spacial score (nSPS) is 26.8. The predicted octanol–water partition coefficient (Wildman–Crippen LogP) is 2.39. The van der Waals surface area contributed by atoms with Gasteiger partial charge in [0.25, 0.3) is 0 Å². The highest BCUT2D eigenvalue weighted by Gasteiger charge is 2.36. The molecular formula is C10H11Br2NO. The number of halogens is 2. The van der Waals surface area contributed by atoms with Crippen LogP contribution in [0.1, 0.15) is 12.0 Å². The molecule has 14 heavy (non-hydrogen) atoms. The average molecular weight is 321 g/mol. The Bertz CT molecular complexity index is 328. The summed E-state index contributed by atoms with van der Waals surface area (Å²) in [6.45, 7) is 1.48. The minimum atomic E-state index is -0.737. The molecule has 4 heteroatoms. The third-order valence-corrected chi connectivity index (χ3v) is 3.88. The van der Waals surface area contributed by atoms with E-state index in [4.69, 9.17) is 0 Å². The monoisotopic (exact) mass is 319 g/mol. The number of hydrogen-bond acceptors (Lipinski definition) is 2. The van der Waals surface area contributed by atoms with Crippen molar-refractivity contribution in [3.63, 3.8) is 0 Å². The highest BCUT2D eigenvalue weighted by Crippen LogP contribution is 2.37. The SMILES string of the molecule is OC1(c2c(Br)cccc2Br)CCNC1. The van der Waals surface area contributed by atoms with Crippen LogP contribution in [0.3, 0.4) is 0 Å². The average Bonchev–Trinajstić information content (AvgIpc) is 2.52. The summed E-state index contributed by atoms with van der Waals surface area (Å²) in [4.78, 5) is 0. The lowest BCUT2D eigenvalue weighted by Gasteiger charge is -2.24. The quantitative estimate of drug-likeness (QED) is 0.833. The van der Waals surface area contributed by atoms with Crippen molar-refractivity contribution < 1.29 is 5.11 Å². The van der Waals surface area contributed by atoms with E-state index in [1.807, 2.05) is 18.2 Å². The standard InChI is InChI=1S/C10H11Br2NO/c11-7-2-1-3-8(12)9(7)10(14)4-5-13-6-10/h1-3,13-14H,4-6H2. The molecule has 0 saturated carbocycles. The van der Waals surface area contributed by atoms with Crippen LogP contribution in [0, 0.1) is 0 Å². The topological polar surface area (TPSA) is 32.3 Å². The molecule has 0 spiro atoms. The Morgan fingerprint density at radius 3 is 2.43 bits per heavy atom. The van der Waals surface area contributed by atoms with E-state index in [-0.39, 0.29) is 0 Å². The maximum absolute atomic E-state index is 10.4. The lowest BCUT2D eigenvalue weighted by atomic mass is 9.93. The first-order valence-corrected chi connectivity index (χ1v) is 6.10. The molecule has 76 valence electrons. The van der Waals surface area contributed by atoms with Gasteiger partial charge in [-0.25, -0.2) is 0 Å². The van der Waals surface area contributed by atoms with Crippen LogP contribution in [0.15, 0.2) is 27.1 Å². The van der Waals surface area contributed by atoms with E-state index in [9.17, 15) is 5.11 Å². The molecule has 1 aromatic carbocycles. The smallest absolute Gasteiger partial charge is 0.105 e. The Kier molecular flexibility index (Phi) is 2.98. The Balaban J connectivity index is 2.49. The highest BCUT2D eigenvalue weighted by molar-refractivity contribution is 9.11. The van der Waals surface area contributed by atoms with Gasteiger partial charge in [0, 0.05) is 21.1 Å². The van der Waals surface area contributed by atoms with Gasteiger partial charge >= 0.3 is 0 Å². The molecule has 1 saturated heterocycles. The second-order valence-electron chi connectivity index (χ2n) is 3.56. The maximum Gasteiger partial charge on any atom is 0.105 e. The van der Waals surface area contributed by atoms with Crippen LogP contribution < -0.4 is 5.32 Å². The summed E-state index contributed by atoms with van der Waals surface area (Å²) in [7, 11) is 0. The van der Waals surface area contributed by atoms with Crippen molar-refractivity contribution in [3.8, 4) is 0 Å². The van der Waals surface area contributed by atoms with E-state index < -0.39 is 5.60 Å². The van der Waals surface area contributed by atoms with Crippen molar-refractivity contribution in [2.24, 2.45) is 0 Å². The van der Waals surface area contributed by atoms with E-state index in [0.717, 1.165) is 27.5 Å². The van der Waals surface area contributed by atoms with Gasteiger partial charge < -0.3 is 10.4 Å². The second kappa shape index (κ2) is 3.93. The molecule has 0 aliphatic carbocycles. The molecule has 1 unspecified atom stereocenters. The van der Waals surface area contributed by atoms with Crippen molar-refractivity contribution in [3.05, 3.63) is 32.7 Å². The van der Waals surface area contributed by atoms with Gasteiger partial charge in [0.2, 0.25) is 0 Å². The zero-order valence-electron chi connectivity index (χ0n) is 7.56.